The summed E-state index contributed by atoms with van der Waals surface area (Å²) in [7, 11) is 0. The van der Waals surface area contributed by atoms with Gasteiger partial charge in [0.2, 0.25) is 11.8 Å². The average molecular weight is 310 g/mol. The van der Waals surface area contributed by atoms with Gasteiger partial charge in [-0.05, 0) is 23.3 Å². The highest BCUT2D eigenvalue weighted by atomic mass is 16.3. The van der Waals surface area contributed by atoms with Crippen molar-refractivity contribution in [2.24, 2.45) is 0 Å². The van der Waals surface area contributed by atoms with Gasteiger partial charge in [0.1, 0.15) is 17.8 Å². The van der Waals surface area contributed by atoms with E-state index in [2.05, 4.69) is 10.6 Å². The SMILES string of the molecule is O=C1N[C@H](Cc2ccc(O)cc2)C(=O)N[C@H]1Cc1ccccc1. The summed E-state index contributed by atoms with van der Waals surface area (Å²) >= 11 is 0. The Morgan fingerprint density at radius 1 is 0.739 bits per heavy atom. The average Bonchev–Trinajstić information content (AvgIpc) is 2.55. The Kier molecular flexibility index (Phi) is 4.28. The van der Waals surface area contributed by atoms with Crippen molar-refractivity contribution in [3.8, 4) is 5.75 Å². The zero-order valence-corrected chi connectivity index (χ0v) is 12.5. The van der Waals surface area contributed by atoms with Crippen molar-refractivity contribution in [1.29, 1.82) is 0 Å². The summed E-state index contributed by atoms with van der Waals surface area (Å²) in [6.07, 6.45) is 0.875. The summed E-state index contributed by atoms with van der Waals surface area (Å²) in [5.41, 5.74) is 1.88. The fourth-order valence-corrected chi connectivity index (χ4v) is 2.68. The Labute approximate surface area is 134 Å². The third kappa shape index (κ3) is 3.69. The molecule has 0 unspecified atom stereocenters. The second-order valence-corrected chi connectivity index (χ2v) is 5.68. The molecular weight excluding hydrogens is 292 g/mol. The first-order valence-electron chi connectivity index (χ1n) is 7.54. The lowest BCUT2D eigenvalue weighted by atomic mass is 9.98. The predicted octanol–water partition coefficient (Wildman–Crippen LogP) is 1.16. The summed E-state index contributed by atoms with van der Waals surface area (Å²) in [5, 5.41) is 14.9. The molecule has 5 heteroatoms. The summed E-state index contributed by atoms with van der Waals surface area (Å²) in [6.45, 7) is 0. The lowest BCUT2D eigenvalue weighted by molar-refractivity contribution is -0.136. The smallest absolute Gasteiger partial charge is 0.243 e. The van der Waals surface area contributed by atoms with E-state index in [1.165, 1.54) is 0 Å². The number of piperazine rings is 1. The fourth-order valence-electron chi connectivity index (χ4n) is 2.68. The Bertz CT molecular complexity index is 698. The molecule has 1 heterocycles. The lowest BCUT2D eigenvalue weighted by Crippen LogP contribution is -2.62. The van der Waals surface area contributed by atoms with Crippen molar-refractivity contribution in [3.63, 3.8) is 0 Å². The standard InChI is InChI=1S/C18H18N2O3/c21-14-8-6-13(7-9-14)11-16-18(23)19-15(17(22)20-16)10-12-4-2-1-3-5-12/h1-9,15-16,21H,10-11H2,(H,19,23)(H,20,22)/t15-,16+/m0/s1. The number of nitrogens with one attached hydrogen (secondary N) is 2. The molecule has 0 spiro atoms. The number of amides is 2. The van der Waals surface area contributed by atoms with Crippen LogP contribution in [-0.4, -0.2) is 29.0 Å². The maximum atomic E-state index is 12.2. The van der Waals surface area contributed by atoms with Crippen LogP contribution in [0.2, 0.25) is 0 Å². The van der Waals surface area contributed by atoms with Crippen LogP contribution in [0.25, 0.3) is 0 Å². The van der Waals surface area contributed by atoms with Gasteiger partial charge in [0.25, 0.3) is 0 Å². The molecular formula is C18H18N2O3. The number of benzene rings is 2. The molecule has 0 aliphatic carbocycles. The number of rotatable bonds is 4. The van der Waals surface area contributed by atoms with Crippen LogP contribution in [-0.2, 0) is 22.4 Å². The van der Waals surface area contributed by atoms with Crippen LogP contribution in [0.5, 0.6) is 5.75 Å². The van der Waals surface area contributed by atoms with E-state index in [0.717, 1.165) is 11.1 Å². The van der Waals surface area contributed by atoms with Crippen molar-refractivity contribution in [1.82, 2.24) is 10.6 Å². The molecule has 118 valence electrons. The Morgan fingerprint density at radius 3 is 1.74 bits per heavy atom. The first-order valence-corrected chi connectivity index (χ1v) is 7.54. The normalized spacial score (nSPS) is 20.7. The van der Waals surface area contributed by atoms with Gasteiger partial charge in [0.05, 0.1) is 0 Å². The number of aromatic hydroxyl groups is 1. The van der Waals surface area contributed by atoms with Crippen LogP contribution in [0.3, 0.4) is 0 Å². The zero-order valence-electron chi connectivity index (χ0n) is 12.5. The highest BCUT2D eigenvalue weighted by Gasteiger charge is 2.33. The van der Waals surface area contributed by atoms with E-state index < -0.39 is 12.1 Å². The minimum absolute atomic E-state index is 0.169. The third-order valence-electron chi connectivity index (χ3n) is 3.92. The van der Waals surface area contributed by atoms with E-state index in [1.54, 1.807) is 24.3 Å². The third-order valence-corrected chi connectivity index (χ3v) is 3.92. The topological polar surface area (TPSA) is 78.4 Å². The van der Waals surface area contributed by atoms with Gasteiger partial charge < -0.3 is 15.7 Å². The van der Waals surface area contributed by atoms with Gasteiger partial charge in [0, 0.05) is 12.8 Å². The van der Waals surface area contributed by atoms with Gasteiger partial charge in [-0.1, -0.05) is 42.5 Å². The molecule has 0 saturated carbocycles. The highest BCUT2D eigenvalue weighted by Crippen LogP contribution is 2.13. The second-order valence-electron chi connectivity index (χ2n) is 5.68. The quantitative estimate of drug-likeness (QED) is 0.793. The first-order chi connectivity index (χ1) is 11.1. The van der Waals surface area contributed by atoms with Crippen LogP contribution in [0.15, 0.2) is 54.6 Å². The molecule has 2 amide bonds. The van der Waals surface area contributed by atoms with E-state index in [4.69, 9.17) is 0 Å². The molecule has 5 nitrogen and oxygen atoms in total. The molecule has 1 fully saturated rings. The first kappa shape index (κ1) is 15.1. The van der Waals surface area contributed by atoms with Crippen LogP contribution in [0.1, 0.15) is 11.1 Å². The number of phenolic OH excluding ortho intramolecular Hbond substituents is 1. The largest absolute Gasteiger partial charge is 0.508 e. The maximum Gasteiger partial charge on any atom is 0.243 e. The number of carbonyl (C=O) groups excluding carboxylic acids is 2. The van der Waals surface area contributed by atoms with E-state index in [9.17, 15) is 14.7 Å². The molecule has 23 heavy (non-hydrogen) atoms. The van der Waals surface area contributed by atoms with E-state index in [1.807, 2.05) is 30.3 Å². The Morgan fingerprint density at radius 2 is 1.22 bits per heavy atom. The Hall–Kier alpha value is -2.82. The van der Waals surface area contributed by atoms with Gasteiger partial charge in [0.15, 0.2) is 0 Å². The van der Waals surface area contributed by atoms with Crippen LogP contribution in [0, 0.1) is 0 Å². The molecule has 1 saturated heterocycles. The zero-order chi connectivity index (χ0) is 16.2. The number of carbonyl (C=O) groups is 2. The molecule has 2 aromatic carbocycles. The van der Waals surface area contributed by atoms with E-state index in [-0.39, 0.29) is 17.6 Å². The van der Waals surface area contributed by atoms with E-state index in [0.29, 0.717) is 12.8 Å². The second kappa shape index (κ2) is 6.52. The monoisotopic (exact) mass is 310 g/mol. The molecule has 2 aromatic rings. The van der Waals surface area contributed by atoms with Crippen LogP contribution < -0.4 is 10.6 Å². The molecule has 0 bridgehead atoms. The van der Waals surface area contributed by atoms with Crippen molar-refractivity contribution < 1.29 is 14.7 Å². The lowest BCUT2D eigenvalue weighted by Gasteiger charge is -2.29. The summed E-state index contributed by atoms with van der Waals surface area (Å²) in [5.74, 6) is -0.176. The van der Waals surface area contributed by atoms with Crippen molar-refractivity contribution in [2.75, 3.05) is 0 Å². The van der Waals surface area contributed by atoms with Gasteiger partial charge >= 0.3 is 0 Å². The molecule has 1 aliphatic rings. The minimum Gasteiger partial charge on any atom is -0.508 e. The molecule has 3 rings (SSSR count). The Balaban J connectivity index is 1.64. The van der Waals surface area contributed by atoms with Gasteiger partial charge in [-0.15, -0.1) is 0 Å². The van der Waals surface area contributed by atoms with Crippen LogP contribution >= 0.6 is 0 Å². The van der Waals surface area contributed by atoms with Crippen molar-refractivity contribution in [2.45, 2.75) is 24.9 Å². The molecule has 1 aliphatic heterocycles. The molecule has 2 atom stereocenters. The summed E-state index contributed by atoms with van der Waals surface area (Å²) < 4.78 is 0. The fraction of sp³-hybridized carbons (Fsp3) is 0.222. The molecule has 0 aromatic heterocycles. The van der Waals surface area contributed by atoms with Crippen molar-refractivity contribution >= 4 is 11.8 Å². The summed E-state index contributed by atoms with van der Waals surface area (Å²) in [4.78, 5) is 24.5. The van der Waals surface area contributed by atoms with Gasteiger partial charge in [-0.25, -0.2) is 0 Å². The van der Waals surface area contributed by atoms with Gasteiger partial charge in [-0.2, -0.15) is 0 Å². The number of hydrogen-bond donors (Lipinski definition) is 3. The highest BCUT2D eigenvalue weighted by molar-refractivity contribution is 5.97. The minimum atomic E-state index is -0.584. The van der Waals surface area contributed by atoms with Crippen molar-refractivity contribution in [3.05, 3.63) is 65.7 Å². The number of phenols is 1. The molecule has 0 radical (unpaired) electrons. The van der Waals surface area contributed by atoms with Crippen LogP contribution in [0.4, 0.5) is 0 Å². The maximum absolute atomic E-state index is 12.2. The summed E-state index contributed by atoms with van der Waals surface area (Å²) in [6, 6.07) is 15.1. The van der Waals surface area contributed by atoms with Gasteiger partial charge in [-0.3, -0.25) is 9.59 Å². The van der Waals surface area contributed by atoms with E-state index >= 15 is 0 Å². The molecule has 3 N–H and O–H groups in total. The number of hydrogen-bond acceptors (Lipinski definition) is 3. The predicted molar refractivity (Wildman–Crippen MR) is 85.8 cm³/mol.